The summed E-state index contributed by atoms with van der Waals surface area (Å²) in [7, 11) is 0. The van der Waals surface area contributed by atoms with Crippen molar-refractivity contribution in [2.24, 2.45) is 5.92 Å². The minimum Gasteiger partial charge on any atom is -0.0654 e. The van der Waals surface area contributed by atoms with Gasteiger partial charge in [0.25, 0.3) is 0 Å². The van der Waals surface area contributed by atoms with E-state index in [-0.39, 0.29) is 0 Å². The van der Waals surface area contributed by atoms with E-state index in [0.29, 0.717) is 0 Å². The summed E-state index contributed by atoms with van der Waals surface area (Å²) in [5.41, 5.74) is 1.52. The van der Waals surface area contributed by atoms with Crippen molar-refractivity contribution in [1.29, 1.82) is 0 Å². The molecule has 0 nitrogen and oxygen atoms in total. The van der Waals surface area contributed by atoms with Crippen molar-refractivity contribution in [3.8, 4) is 0 Å². The third-order valence-corrected chi connectivity index (χ3v) is 3.16. The first-order valence-corrected chi connectivity index (χ1v) is 5.84. The molecule has 0 aromatic heterocycles. The van der Waals surface area contributed by atoms with Crippen molar-refractivity contribution in [2.75, 3.05) is 0 Å². The van der Waals surface area contributed by atoms with E-state index < -0.39 is 0 Å². The SMILES string of the molecule is CCCC(c1ccccc1)C(C)CC. The molecule has 0 heterocycles. The van der Waals surface area contributed by atoms with Gasteiger partial charge in [-0.3, -0.25) is 0 Å². The van der Waals surface area contributed by atoms with Crippen LogP contribution in [-0.4, -0.2) is 0 Å². The molecule has 0 aliphatic carbocycles. The van der Waals surface area contributed by atoms with Crippen LogP contribution in [0.3, 0.4) is 0 Å². The zero-order chi connectivity index (χ0) is 10.4. The lowest BCUT2D eigenvalue weighted by Crippen LogP contribution is -2.08. The summed E-state index contributed by atoms with van der Waals surface area (Å²) in [6.45, 7) is 6.93. The second-order valence-corrected chi connectivity index (χ2v) is 4.19. The van der Waals surface area contributed by atoms with Crippen LogP contribution in [0.4, 0.5) is 0 Å². The highest BCUT2D eigenvalue weighted by Crippen LogP contribution is 2.30. The summed E-state index contributed by atoms with van der Waals surface area (Å²) in [6.07, 6.45) is 3.88. The normalized spacial score (nSPS) is 15.1. The van der Waals surface area contributed by atoms with Crippen molar-refractivity contribution in [3.63, 3.8) is 0 Å². The molecule has 0 amide bonds. The molecular weight excluding hydrogens is 168 g/mol. The van der Waals surface area contributed by atoms with Crippen molar-refractivity contribution in [3.05, 3.63) is 35.9 Å². The molecule has 0 saturated heterocycles. The van der Waals surface area contributed by atoms with Crippen molar-refractivity contribution in [2.45, 2.75) is 46.0 Å². The maximum absolute atomic E-state index is 2.37. The summed E-state index contributed by atoms with van der Waals surface area (Å²) >= 11 is 0. The fourth-order valence-corrected chi connectivity index (χ4v) is 2.08. The highest BCUT2D eigenvalue weighted by atomic mass is 14.2. The van der Waals surface area contributed by atoms with Crippen LogP contribution in [0.1, 0.15) is 51.5 Å². The van der Waals surface area contributed by atoms with E-state index in [1.54, 1.807) is 0 Å². The van der Waals surface area contributed by atoms with Crippen LogP contribution in [0.25, 0.3) is 0 Å². The van der Waals surface area contributed by atoms with Crippen LogP contribution in [0.2, 0.25) is 0 Å². The first-order valence-electron chi connectivity index (χ1n) is 5.84. The Morgan fingerprint density at radius 1 is 1.07 bits per heavy atom. The van der Waals surface area contributed by atoms with E-state index in [1.807, 2.05) is 0 Å². The molecule has 0 spiro atoms. The molecule has 0 bridgehead atoms. The minimum absolute atomic E-state index is 0.756. The van der Waals surface area contributed by atoms with Gasteiger partial charge in [0, 0.05) is 0 Å². The van der Waals surface area contributed by atoms with E-state index in [1.165, 1.54) is 24.8 Å². The molecule has 2 unspecified atom stereocenters. The first-order chi connectivity index (χ1) is 6.79. The lowest BCUT2D eigenvalue weighted by Gasteiger charge is -2.22. The third kappa shape index (κ3) is 2.87. The Labute approximate surface area is 88.4 Å². The molecule has 0 heteroatoms. The van der Waals surface area contributed by atoms with E-state index in [9.17, 15) is 0 Å². The average Bonchev–Trinajstić information content (AvgIpc) is 2.26. The molecule has 0 aliphatic rings. The molecular formula is C14H22. The summed E-state index contributed by atoms with van der Waals surface area (Å²) in [4.78, 5) is 0. The molecule has 0 aliphatic heterocycles. The quantitative estimate of drug-likeness (QED) is 0.635. The van der Waals surface area contributed by atoms with Gasteiger partial charge in [0.2, 0.25) is 0 Å². The minimum atomic E-state index is 0.756. The molecule has 0 N–H and O–H groups in total. The predicted octanol–water partition coefficient (Wildman–Crippen LogP) is 4.62. The smallest absolute Gasteiger partial charge is 0.0136 e. The molecule has 1 aromatic rings. The number of hydrogen-bond donors (Lipinski definition) is 0. The summed E-state index contributed by atoms with van der Waals surface area (Å²) in [5, 5.41) is 0. The van der Waals surface area contributed by atoms with Crippen LogP contribution >= 0.6 is 0 Å². The fraction of sp³-hybridized carbons (Fsp3) is 0.571. The van der Waals surface area contributed by atoms with Crippen LogP contribution in [0.15, 0.2) is 30.3 Å². The molecule has 14 heavy (non-hydrogen) atoms. The van der Waals surface area contributed by atoms with Gasteiger partial charge >= 0.3 is 0 Å². The van der Waals surface area contributed by atoms with Gasteiger partial charge in [-0.05, 0) is 23.8 Å². The third-order valence-electron chi connectivity index (χ3n) is 3.16. The van der Waals surface area contributed by atoms with Crippen molar-refractivity contribution in [1.82, 2.24) is 0 Å². The Hall–Kier alpha value is -0.780. The fourth-order valence-electron chi connectivity index (χ4n) is 2.08. The zero-order valence-corrected chi connectivity index (χ0v) is 9.66. The lowest BCUT2D eigenvalue weighted by atomic mass is 9.82. The molecule has 1 aromatic carbocycles. The van der Waals surface area contributed by atoms with E-state index in [4.69, 9.17) is 0 Å². The molecule has 1 rings (SSSR count). The van der Waals surface area contributed by atoms with Gasteiger partial charge in [-0.2, -0.15) is 0 Å². The van der Waals surface area contributed by atoms with Crippen molar-refractivity contribution >= 4 is 0 Å². The highest BCUT2D eigenvalue weighted by Gasteiger charge is 2.16. The Bertz CT molecular complexity index is 237. The second-order valence-electron chi connectivity index (χ2n) is 4.19. The van der Waals surface area contributed by atoms with Gasteiger partial charge < -0.3 is 0 Å². The Kier molecular flexibility index (Phi) is 4.72. The maximum Gasteiger partial charge on any atom is -0.0136 e. The summed E-state index contributed by atoms with van der Waals surface area (Å²) in [5.74, 6) is 1.56. The molecule has 0 saturated carbocycles. The molecule has 0 fully saturated rings. The van der Waals surface area contributed by atoms with Gasteiger partial charge in [0.15, 0.2) is 0 Å². The summed E-state index contributed by atoms with van der Waals surface area (Å²) < 4.78 is 0. The predicted molar refractivity (Wildman–Crippen MR) is 63.5 cm³/mol. The molecule has 2 atom stereocenters. The van der Waals surface area contributed by atoms with E-state index >= 15 is 0 Å². The first kappa shape index (κ1) is 11.3. The van der Waals surface area contributed by atoms with Crippen LogP contribution in [0.5, 0.6) is 0 Å². The standard InChI is InChI=1S/C14H22/c1-4-9-14(12(3)5-2)13-10-7-6-8-11-13/h6-8,10-12,14H,4-5,9H2,1-3H3. The largest absolute Gasteiger partial charge is 0.0654 e. The second kappa shape index (κ2) is 5.85. The van der Waals surface area contributed by atoms with Gasteiger partial charge in [-0.15, -0.1) is 0 Å². The van der Waals surface area contributed by atoms with Crippen LogP contribution in [-0.2, 0) is 0 Å². The lowest BCUT2D eigenvalue weighted by molar-refractivity contribution is 0.419. The zero-order valence-electron chi connectivity index (χ0n) is 9.66. The topological polar surface area (TPSA) is 0 Å². The van der Waals surface area contributed by atoms with Gasteiger partial charge in [-0.25, -0.2) is 0 Å². The Morgan fingerprint density at radius 3 is 2.21 bits per heavy atom. The van der Waals surface area contributed by atoms with E-state index in [2.05, 4.69) is 51.1 Å². The number of rotatable bonds is 5. The van der Waals surface area contributed by atoms with Gasteiger partial charge in [-0.1, -0.05) is 63.9 Å². The van der Waals surface area contributed by atoms with Crippen LogP contribution in [0, 0.1) is 5.92 Å². The summed E-state index contributed by atoms with van der Waals surface area (Å²) in [6, 6.07) is 10.9. The monoisotopic (exact) mass is 190 g/mol. The van der Waals surface area contributed by atoms with Gasteiger partial charge in [0.1, 0.15) is 0 Å². The van der Waals surface area contributed by atoms with Crippen LogP contribution < -0.4 is 0 Å². The highest BCUT2D eigenvalue weighted by molar-refractivity contribution is 5.20. The van der Waals surface area contributed by atoms with Gasteiger partial charge in [0.05, 0.1) is 0 Å². The molecule has 78 valence electrons. The molecule has 0 radical (unpaired) electrons. The number of hydrogen-bond acceptors (Lipinski definition) is 0. The van der Waals surface area contributed by atoms with Crippen molar-refractivity contribution < 1.29 is 0 Å². The van der Waals surface area contributed by atoms with E-state index in [0.717, 1.165) is 11.8 Å². The Balaban J connectivity index is 2.77. The number of benzene rings is 1. The maximum atomic E-state index is 2.37. The Morgan fingerprint density at radius 2 is 1.71 bits per heavy atom. The average molecular weight is 190 g/mol.